The number of carboxylic acid groups (broad SMARTS) is 1. The maximum absolute atomic E-state index is 13.5. The molecule has 0 heterocycles. The molecular weight excluding hydrogens is 752 g/mol. The van der Waals surface area contributed by atoms with Gasteiger partial charge < -0.3 is 69.3 Å². The van der Waals surface area contributed by atoms with Crippen molar-refractivity contribution in [2.75, 3.05) is 19.6 Å². The summed E-state index contributed by atoms with van der Waals surface area (Å²) in [6.45, 7) is 10.9. The molecule has 0 aliphatic carbocycles. The van der Waals surface area contributed by atoms with E-state index in [2.05, 4.69) is 42.5 Å². The lowest BCUT2D eigenvalue weighted by Crippen LogP contribution is -2.62. The van der Waals surface area contributed by atoms with Crippen molar-refractivity contribution >= 4 is 53.2 Å². The smallest absolute Gasteiger partial charge is 0.325 e. The fourth-order valence-corrected chi connectivity index (χ4v) is 4.95. The highest BCUT2D eigenvalue weighted by atomic mass is 16.4. The summed E-state index contributed by atoms with van der Waals surface area (Å²) < 4.78 is 0. The van der Waals surface area contributed by atoms with E-state index in [1.807, 2.05) is 0 Å². The van der Waals surface area contributed by atoms with Crippen LogP contribution in [0.5, 0.6) is 0 Å². The average Bonchev–Trinajstić information content (AvgIpc) is 3.13. The Morgan fingerprint density at radius 3 is 1.51 bits per heavy atom. The number of carboxylic acids is 1. The van der Waals surface area contributed by atoms with Gasteiger partial charge in [-0.3, -0.25) is 43.2 Å². The number of hydrogen-bond acceptors (Lipinski definition) is 13. The van der Waals surface area contributed by atoms with E-state index < -0.39 is 133 Å². The number of aliphatic hydroxyl groups excluding tert-OH is 2. The Morgan fingerprint density at radius 1 is 0.544 bits per heavy atom. The van der Waals surface area contributed by atoms with E-state index in [0.717, 1.165) is 0 Å². The number of aliphatic hydroxyl groups is 2. The van der Waals surface area contributed by atoms with Gasteiger partial charge in [0.25, 0.3) is 0 Å². The summed E-state index contributed by atoms with van der Waals surface area (Å²) in [5, 5.41) is 48.3. The summed E-state index contributed by atoms with van der Waals surface area (Å²) in [6, 6.07) is -9.10. The fraction of sp³-hybridized carbons (Fsp3) is 0.743. The van der Waals surface area contributed by atoms with Gasteiger partial charge in [0.2, 0.25) is 47.3 Å². The third kappa shape index (κ3) is 19.2. The monoisotopic (exact) mass is 816 g/mol. The van der Waals surface area contributed by atoms with Crippen LogP contribution in [0.25, 0.3) is 0 Å². The van der Waals surface area contributed by atoms with E-state index in [1.54, 1.807) is 27.7 Å². The normalized spacial score (nSPS) is 16.4. The summed E-state index contributed by atoms with van der Waals surface area (Å²) in [7, 11) is 0. The van der Waals surface area contributed by atoms with Crippen LogP contribution in [0.3, 0.4) is 0 Å². The van der Waals surface area contributed by atoms with Crippen molar-refractivity contribution < 1.29 is 58.5 Å². The van der Waals surface area contributed by atoms with Gasteiger partial charge in [0.05, 0.1) is 31.3 Å². The van der Waals surface area contributed by atoms with E-state index in [9.17, 15) is 53.4 Å². The van der Waals surface area contributed by atoms with Gasteiger partial charge in [0.15, 0.2) is 0 Å². The van der Waals surface area contributed by atoms with Crippen molar-refractivity contribution in [1.29, 1.82) is 0 Å². The van der Waals surface area contributed by atoms with Gasteiger partial charge in [-0.2, -0.15) is 0 Å². The molecule has 0 radical (unpaired) electrons. The van der Waals surface area contributed by atoms with Gasteiger partial charge >= 0.3 is 5.97 Å². The van der Waals surface area contributed by atoms with Gasteiger partial charge in [0.1, 0.15) is 36.3 Å². The van der Waals surface area contributed by atoms with E-state index in [1.165, 1.54) is 27.7 Å². The van der Waals surface area contributed by atoms with E-state index in [0.29, 0.717) is 25.8 Å². The molecule has 0 aromatic carbocycles. The van der Waals surface area contributed by atoms with Crippen LogP contribution in [0.1, 0.15) is 81.1 Å². The SMILES string of the molecule is CC[C@H](C)[C@H](NC(=O)[C@@H](NC(=O)[C@H](C)NC(=O)[C@@H](NC(=O)[C@@H](NC(=O)[C@@H](N)CCCCN)[C@@H](C)O)[C@@H](C)O)C(C)C)C(=O)NCC(=O)NCC(=O)N[C@@H](C)C(=O)O. The largest absolute Gasteiger partial charge is 0.480 e. The Labute approximate surface area is 332 Å². The van der Waals surface area contributed by atoms with Crippen molar-refractivity contribution in [2.24, 2.45) is 23.3 Å². The molecule has 15 N–H and O–H groups in total. The lowest BCUT2D eigenvalue weighted by molar-refractivity contribution is -0.141. The first kappa shape index (κ1) is 52.1. The highest BCUT2D eigenvalue weighted by molar-refractivity contribution is 5.97. The van der Waals surface area contributed by atoms with Crippen LogP contribution in [-0.4, -0.2) is 143 Å². The minimum atomic E-state index is -1.65. The molecule has 0 saturated heterocycles. The number of rotatable bonds is 26. The number of hydrogen-bond donors (Lipinski definition) is 13. The quantitative estimate of drug-likeness (QED) is 0.0365. The van der Waals surface area contributed by atoms with Crippen molar-refractivity contribution in [2.45, 2.75) is 136 Å². The van der Waals surface area contributed by atoms with Crippen molar-refractivity contribution in [1.82, 2.24) is 42.5 Å². The van der Waals surface area contributed by atoms with Crippen LogP contribution < -0.4 is 54.0 Å². The molecular formula is C35H64N10O12. The Morgan fingerprint density at radius 2 is 1.02 bits per heavy atom. The Bertz CT molecular complexity index is 1400. The third-order valence-electron chi connectivity index (χ3n) is 8.84. The third-order valence-corrected chi connectivity index (χ3v) is 8.84. The molecule has 0 aliphatic rings. The number of carbonyl (C=O) groups excluding carboxylic acids is 8. The van der Waals surface area contributed by atoms with E-state index >= 15 is 0 Å². The second-order valence-electron chi connectivity index (χ2n) is 14.3. The van der Waals surface area contributed by atoms with E-state index in [-0.39, 0.29) is 6.42 Å². The first-order valence-corrected chi connectivity index (χ1v) is 18.9. The molecule has 0 unspecified atom stereocenters. The van der Waals surface area contributed by atoms with Gasteiger partial charge in [-0.1, -0.05) is 40.5 Å². The lowest BCUT2D eigenvalue weighted by Gasteiger charge is -2.29. The van der Waals surface area contributed by atoms with Gasteiger partial charge in [-0.15, -0.1) is 0 Å². The van der Waals surface area contributed by atoms with Crippen LogP contribution in [-0.2, 0) is 43.2 Å². The topological polar surface area (TPSA) is 363 Å². The van der Waals surface area contributed by atoms with Crippen LogP contribution in [0.4, 0.5) is 0 Å². The maximum atomic E-state index is 13.5. The molecule has 0 aliphatic heterocycles. The standard InChI is InChI=1S/C35H64N10O12/c1-9-17(4)26(31(52)39-14-23(48)38-15-24(49)40-19(6)35(56)57)43-32(53)25(16(2)3)42-29(50)18(5)41-33(54)27(20(7)46)45-34(55)28(21(8)47)44-30(51)22(37)12-10-11-13-36/h16-22,25-28,46-47H,9-15,36-37H2,1-8H3,(H,38,48)(H,39,52)(H,40,49)(H,41,54)(H,42,50)(H,43,53)(H,44,51)(H,45,55)(H,56,57)/t17-,18-,19-,20+,21+,22-,25-,26-,27-,28-/m0/s1. The Balaban J connectivity index is 5.58. The van der Waals surface area contributed by atoms with Crippen molar-refractivity contribution in [3.8, 4) is 0 Å². The van der Waals surface area contributed by atoms with Gasteiger partial charge in [-0.05, 0) is 58.9 Å². The van der Waals surface area contributed by atoms with E-state index in [4.69, 9.17) is 16.6 Å². The summed E-state index contributed by atoms with van der Waals surface area (Å²) in [5.41, 5.74) is 11.3. The zero-order chi connectivity index (χ0) is 44.2. The number of nitrogens with two attached hydrogens (primary N) is 2. The molecule has 0 aromatic heterocycles. The fourth-order valence-electron chi connectivity index (χ4n) is 4.95. The number of nitrogens with one attached hydrogen (secondary N) is 8. The van der Waals surface area contributed by atoms with Crippen LogP contribution in [0.2, 0.25) is 0 Å². The Hall–Kier alpha value is -4.93. The molecule has 22 nitrogen and oxygen atoms in total. The lowest BCUT2D eigenvalue weighted by atomic mass is 9.96. The first-order valence-electron chi connectivity index (χ1n) is 18.9. The Kier molecular flexibility index (Phi) is 23.8. The highest BCUT2D eigenvalue weighted by Gasteiger charge is 2.36. The molecule has 8 amide bonds. The molecule has 0 bridgehead atoms. The molecule has 0 saturated carbocycles. The minimum absolute atomic E-state index is 0.271. The summed E-state index contributed by atoms with van der Waals surface area (Å²) in [5.74, 6) is -8.87. The van der Waals surface area contributed by atoms with Crippen LogP contribution in [0.15, 0.2) is 0 Å². The minimum Gasteiger partial charge on any atom is -0.480 e. The molecule has 0 rings (SSSR count). The molecule has 326 valence electrons. The molecule has 0 aromatic rings. The second-order valence-corrected chi connectivity index (χ2v) is 14.3. The predicted molar refractivity (Wildman–Crippen MR) is 205 cm³/mol. The predicted octanol–water partition coefficient (Wildman–Crippen LogP) is -4.83. The summed E-state index contributed by atoms with van der Waals surface area (Å²) in [4.78, 5) is 114. The summed E-state index contributed by atoms with van der Waals surface area (Å²) >= 11 is 0. The first-order chi connectivity index (χ1) is 26.5. The van der Waals surface area contributed by atoms with Gasteiger partial charge in [0, 0.05) is 0 Å². The maximum Gasteiger partial charge on any atom is 0.325 e. The number of amides is 8. The average molecular weight is 817 g/mol. The molecule has 0 spiro atoms. The summed E-state index contributed by atoms with van der Waals surface area (Å²) in [6.07, 6.45) is -1.07. The molecule has 22 heteroatoms. The van der Waals surface area contributed by atoms with Crippen LogP contribution in [0, 0.1) is 11.8 Å². The van der Waals surface area contributed by atoms with Crippen LogP contribution >= 0.6 is 0 Å². The number of unbranched alkanes of at least 4 members (excludes halogenated alkanes) is 1. The zero-order valence-electron chi connectivity index (χ0n) is 34.0. The highest BCUT2D eigenvalue weighted by Crippen LogP contribution is 2.11. The molecule has 0 fully saturated rings. The van der Waals surface area contributed by atoms with Crippen molar-refractivity contribution in [3.05, 3.63) is 0 Å². The van der Waals surface area contributed by atoms with Gasteiger partial charge in [-0.25, -0.2) is 0 Å². The van der Waals surface area contributed by atoms with Crippen molar-refractivity contribution in [3.63, 3.8) is 0 Å². The zero-order valence-corrected chi connectivity index (χ0v) is 34.0. The number of aliphatic carboxylic acids is 1. The molecule has 57 heavy (non-hydrogen) atoms. The molecule has 10 atom stereocenters. The number of carbonyl (C=O) groups is 9. The second kappa shape index (κ2) is 26.1.